The normalized spacial score (nSPS) is 14.9. The van der Waals surface area contributed by atoms with Gasteiger partial charge in [0.25, 0.3) is 0 Å². The van der Waals surface area contributed by atoms with Crippen molar-refractivity contribution in [3.63, 3.8) is 0 Å². The molecular weight excluding hydrogens is 230 g/mol. The molecule has 2 heteroatoms. The Hall–Kier alpha value is -0.530. The first kappa shape index (κ1) is 14.5. The highest BCUT2D eigenvalue weighted by molar-refractivity contribution is 6.30. The Morgan fingerprint density at radius 1 is 1.35 bits per heavy atom. The first-order chi connectivity index (χ1) is 7.95. The van der Waals surface area contributed by atoms with Crippen molar-refractivity contribution in [3.05, 3.63) is 34.9 Å². The van der Waals surface area contributed by atoms with Gasteiger partial charge in [0.15, 0.2) is 0 Å². The minimum Gasteiger partial charge on any atom is -0.314 e. The van der Waals surface area contributed by atoms with E-state index in [1.165, 1.54) is 12.0 Å². The van der Waals surface area contributed by atoms with Gasteiger partial charge in [-0.05, 0) is 36.0 Å². The molecule has 0 spiro atoms. The minimum absolute atomic E-state index is 0.301. The van der Waals surface area contributed by atoms with Crippen LogP contribution >= 0.6 is 11.6 Å². The van der Waals surface area contributed by atoms with Gasteiger partial charge in [-0.15, -0.1) is 0 Å². The quantitative estimate of drug-likeness (QED) is 0.797. The van der Waals surface area contributed by atoms with Gasteiger partial charge in [-0.3, -0.25) is 0 Å². The van der Waals surface area contributed by atoms with E-state index in [4.69, 9.17) is 11.6 Å². The molecular formula is C15H24ClN. The Balaban J connectivity index is 2.67. The van der Waals surface area contributed by atoms with Crippen molar-refractivity contribution in [2.24, 2.45) is 5.41 Å². The largest absolute Gasteiger partial charge is 0.314 e. The van der Waals surface area contributed by atoms with Crippen molar-refractivity contribution in [1.82, 2.24) is 5.32 Å². The molecule has 1 aromatic carbocycles. The Labute approximate surface area is 111 Å². The molecule has 1 N–H and O–H groups in total. The Kier molecular flexibility index (Phi) is 5.48. The molecule has 0 radical (unpaired) electrons. The molecule has 96 valence electrons. The lowest BCUT2D eigenvalue weighted by molar-refractivity contribution is 0.281. The molecule has 0 saturated carbocycles. The molecule has 0 fully saturated rings. The van der Waals surface area contributed by atoms with E-state index >= 15 is 0 Å². The molecule has 0 aliphatic carbocycles. The second-order valence-corrected chi connectivity index (χ2v) is 5.94. The van der Waals surface area contributed by atoms with Gasteiger partial charge in [-0.25, -0.2) is 0 Å². The van der Waals surface area contributed by atoms with Crippen molar-refractivity contribution in [1.29, 1.82) is 0 Å². The van der Waals surface area contributed by atoms with E-state index in [-0.39, 0.29) is 0 Å². The summed E-state index contributed by atoms with van der Waals surface area (Å²) in [6.07, 6.45) is 2.24. The average molecular weight is 254 g/mol. The summed E-state index contributed by atoms with van der Waals surface area (Å²) in [5, 5.41) is 4.37. The molecule has 1 rings (SSSR count). The van der Waals surface area contributed by atoms with Crippen LogP contribution in [0.15, 0.2) is 24.3 Å². The zero-order valence-corrected chi connectivity index (χ0v) is 12.1. The highest BCUT2D eigenvalue weighted by atomic mass is 35.5. The summed E-state index contributed by atoms with van der Waals surface area (Å²) in [5.74, 6) is 0. The minimum atomic E-state index is 0.301. The van der Waals surface area contributed by atoms with Crippen LogP contribution in [0, 0.1) is 5.41 Å². The van der Waals surface area contributed by atoms with Crippen LogP contribution in [-0.2, 0) is 6.42 Å². The summed E-state index contributed by atoms with van der Waals surface area (Å²) < 4.78 is 0. The molecule has 0 bridgehead atoms. The third-order valence-electron chi connectivity index (χ3n) is 3.31. The van der Waals surface area contributed by atoms with Crippen LogP contribution < -0.4 is 5.32 Å². The van der Waals surface area contributed by atoms with Gasteiger partial charge in [0.05, 0.1) is 0 Å². The van der Waals surface area contributed by atoms with Crippen molar-refractivity contribution >= 4 is 11.6 Å². The SMILES string of the molecule is CCC(C)(CNC(C)C)Cc1cccc(Cl)c1. The lowest BCUT2D eigenvalue weighted by Gasteiger charge is -2.30. The number of hydrogen-bond acceptors (Lipinski definition) is 1. The van der Waals surface area contributed by atoms with E-state index in [0.29, 0.717) is 11.5 Å². The van der Waals surface area contributed by atoms with E-state index in [1.807, 2.05) is 12.1 Å². The van der Waals surface area contributed by atoms with E-state index in [0.717, 1.165) is 18.0 Å². The number of benzene rings is 1. The number of halogens is 1. The van der Waals surface area contributed by atoms with Gasteiger partial charge in [0.2, 0.25) is 0 Å². The second kappa shape index (κ2) is 6.42. The summed E-state index contributed by atoms with van der Waals surface area (Å²) in [4.78, 5) is 0. The summed E-state index contributed by atoms with van der Waals surface area (Å²) >= 11 is 6.03. The number of hydrogen-bond donors (Lipinski definition) is 1. The Bertz CT molecular complexity index is 349. The molecule has 0 amide bonds. The maximum absolute atomic E-state index is 6.03. The van der Waals surface area contributed by atoms with Gasteiger partial charge in [-0.1, -0.05) is 51.4 Å². The summed E-state index contributed by atoms with van der Waals surface area (Å²) in [7, 11) is 0. The number of rotatable bonds is 6. The van der Waals surface area contributed by atoms with Gasteiger partial charge >= 0.3 is 0 Å². The van der Waals surface area contributed by atoms with Crippen LogP contribution in [-0.4, -0.2) is 12.6 Å². The van der Waals surface area contributed by atoms with E-state index in [9.17, 15) is 0 Å². The molecule has 1 aromatic rings. The van der Waals surface area contributed by atoms with Crippen LogP contribution in [0.4, 0.5) is 0 Å². The first-order valence-corrected chi connectivity index (χ1v) is 6.81. The van der Waals surface area contributed by atoms with E-state index < -0.39 is 0 Å². The highest BCUT2D eigenvalue weighted by Crippen LogP contribution is 2.27. The molecule has 0 aromatic heterocycles. The fraction of sp³-hybridized carbons (Fsp3) is 0.600. The van der Waals surface area contributed by atoms with Crippen LogP contribution in [0.5, 0.6) is 0 Å². The lowest BCUT2D eigenvalue weighted by atomic mass is 9.81. The average Bonchev–Trinajstić information content (AvgIpc) is 2.26. The molecule has 0 aliphatic heterocycles. The van der Waals surface area contributed by atoms with Crippen molar-refractivity contribution in [3.8, 4) is 0 Å². The standard InChI is InChI=1S/C15H24ClN/c1-5-15(4,11-17-12(2)3)10-13-7-6-8-14(16)9-13/h6-9,12,17H,5,10-11H2,1-4H3. The van der Waals surface area contributed by atoms with Crippen molar-refractivity contribution < 1.29 is 0 Å². The summed E-state index contributed by atoms with van der Waals surface area (Å²) in [5.41, 5.74) is 1.63. The predicted molar refractivity (Wildman–Crippen MR) is 76.7 cm³/mol. The molecule has 0 aliphatic rings. The van der Waals surface area contributed by atoms with Gasteiger partial charge in [-0.2, -0.15) is 0 Å². The van der Waals surface area contributed by atoms with Crippen LogP contribution in [0.3, 0.4) is 0 Å². The molecule has 1 nitrogen and oxygen atoms in total. The maximum atomic E-state index is 6.03. The van der Waals surface area contributed by atoms with Crippen LogP contribution in [0.1, 0.15) is 39.7 Å². The van der Waals surface area contributed by atoms with Gasteiger partial charge in [0, 0.05) is 17.6 Å². The third kappa shape index (κ3) is 5.10. The lowest BCUT2D eigenvalue weighted by Crippen LogP contribution is -2.36. The first-order valence-electron chi connectivity index (χ1n) is 6.43. The Morgan fingerprint density at radius 3 is 2.59 bits per heavy atom. The molecule has 1 unspecified atom stereocenters. The van der Waals surface area contributed by atoms with Crippen LogP contribution in [0.25, 0.3) is 0 Å². The predicted octanol–water partition coefficient (Wildman–Crippen LogP) is 4.30. The van der Waals surface area contributed by atoms with Crippen molar-refractivity contribution in [2.75, 3.05) is 6.54 Å². The number of nitrogens with one attached hydrogen (secondary N) is 1. The van der Waals surface area contributed by atoms with Crippen LogP contribution in [0.2, 0.25) is 5.02 Å². The zero-order chi connectivity index (χ0) is 12.9. The summed E-state index contributed by atoms with van der Waals surface area (Å²) in [6.45, 7) is 10.0. The molecule has 1 atom stereocenters. The maximum Gasteiger partial charge on any atom is 0.0408 e. The van der Waals surface area contributed by atoms with E-state index in [1.54, 1.807) is 0 Å². The topological polar surface area (TPSA) is 12.0 Å². The van der Waals surface area contributed by atoms with Gasteiger partial charge in [0.1, 0.15) is 0 Å². The van der Waals surface area contributed by atoms with E-state index in [2.05, 4.69) is 45.1 Å². The summed E-state index contributed by atoms with van der Waals surface area (Å²) in [6, 6.07) is 8.74. The molecule has 0 saturated heterocycles. The third-order valence-corrected chi connectivity index (χ3v) is 3.55. The highest BCUT2D eigenvalue weighted by Gasteiger charge is 2.22. The molecule has 0 heterocycles. The van der Waals surface area contributed by atoms with Crippen molar-refractivity contribution in [2.45, 2.75) is 46.6 Å². The second-order valence-electron chi connectivity index (χ2n) is 5.51. The molecule has 17 heavy (non-hydrogen) atoms. The smallest absolute Gasteiger partial charge is 0.0408 e. The monoisotopic (exact) mass is 253 g/mol. The fourth-order valence-corrected chi connectivity index (χ4v) is 2.12. The fourth-order valence-electron chi connectivity index (χ4n) is 1.90. The van der Waals surface area contributed by atoms with Gasteiger partial charge < -0.3 is 5.32 Å². The Morgan fingerprint density at radius 2 is 2.06 bits per heavy atom. The zero-order valence-electron chi connectivity index (χ0n) is 11.4.